The van der Waals surface area contributed by atoms with Gasteiger partial charge in [0, 0.05) is 16.6 Å². The number of esters is 1. The molecule has 6 heteroatoms. The van der Waals surface area contributed by atoms with Crippen LogP contribution in [0.5, 0.6) is 0 Å². The van der Waals surface area contributed by atoms with Crippen LogP contribution in [0.1, 0.15) is 28.5 Å². The molecule has 1 aromatic heterocycles. The number of anilines is 1. The van der Waals surface area contributed by atoms with Gasteiger partial charge in [0.1, 0.15) is 5.69 Å². The molecule has 0 saturated carbocycles. The maximum atomic E-state index is 12.5. The Morgan fingerprint density at radius 2 is 1.73 bits per heavy atom. The summed E-state index contributed by atoms with van der Waals surface area (Å²) in [5.41, 5.74) is 3.76. The van der Waals surface area contributed by atoms with Crippen LogP contribution in [-0.2, 0) is 9.53 Å². The highest BCUT2D eigenvalue weighted by molar-refractivity contribution is 9.10. The Balaban J connectivity index is 1.74. The van der Waals surface area contributed by atoms with Crippen LogP contribution in [0, 0.1) is 13.8 Å². The van der Waals surface area contributed by atoms with Gasteiger partial charge in [-0.2, -0.15) is 0 Å². The summed E-state index contributed by atoms with van der Waals surface area (Å²) < 4.78 is 5.97. The first-order valence-corrected chi connectivity index (χ1v) is 9.02. The fourth-order valence-electron chi connectivity index (χ4n) is 2.76. The molecular formula is C20H19BrN2O3. The maximum Gasteiger partial charge on any atom is 0.356 e. The van der Waals surface area contributed by atoms with Crippen LogP contribution < -0.4 is 5.32 Å². The molecule has 0 aliphatic carbocycles. The van der Waals surface area contributed by atoms with Gasteiger partial charge in [-0.25, -0.2) is 4.79 Å². The Morgan fingerprint density at radius 1 is 1.08 bits per heavy atom. The first-order chi connectivity index (χ1) is 12.4. The predicted octanol–water partition coefficient (Wildman–Crippen LogP) is 4.73. The van der Waals surface area contributed by atoms with Crippen LogP contribution in [0.2, 0.25) is 0 Å². The van der Waals surface area contributed by atoms with E-state index in [2.05, 4.69) is 26.2 Å². The number of aromatic nitrogens is 1. The number of halogens is 1. The number of aryl methyl sites for hydroxylation is 2. The molecule has 0 bridgehead atoms. The van der Waals surface area contributed by atoms with E-state index in [-0.39, 0.29) is 11.6 Å². The molecule has 0 aliphatic rings. The SMILES string of the molecule is Cc1cccc(C)c1NC(=O)C(C)OC(=O)c1[nH]c2ccccc2c1Br. The lowest BCUT2D eigenvalue weighted by atomic mass is 10.1. The largest absolute Gasteiger partial charge is 0.448 e. The van der Waals surface area contributed by atoms with E-state index >= 15 is 0 Å². The third-order valence-electron chi connectivity index (χ3n) is 4.23. The summed E-state index contributed by atoms with van der Waals surface area (Å²) in [5.74, 6) is -0.958. The van der Waals surface area contributed by atoms with Gasteiger partial charge in [-0.15, -0.1) is 0 Å². The summed E-state index contributed by atoms with van der Waals surface area (Å²) in [4.78, 5) is 27.9. The molecule has 26 heavy (non-hydrogen) atoms. The average Bonchev–Trinajstić information content (AvgIpc) is 2.95. The minimum atomic E-state index is -0.931. The highest BCUT2D eigenvalue weighted by atomic mass is 79.9. The lowest BCUT2D eigenvalue weighted by molar-refractivity contribution is -0.123. The van der Waals surface area contributed by atoms with Gasteiger partial charge in [-0.3, -0.25) is 4.79 Å². The van der Waals surface area contributed by atoms with Gasteiger partial charge in [-0.1, -0.05) is 36.4 Å². The zero-order valence-corrected chi connectivity index (χ0v) is 16.3. The smallest absolute Gasteiger partial charge is 0.356 e. The standard InChI is InChI=1S/C20H19BrN2O3/c1-11-7-6-8-12(2)17(11)23-19(24)13(3)26-20(25)18-16(21)14-9-4-5-10-15(14)22-18/h4-10,13,22H,1-3H3,(H,23,24). The van der Waals surface area contributed by atoms with E-state index in [0.717, 1.165) is 27.7 Å². The Hall–Kier alpha value is -2.60. The summed E-state index contributed by atoms with van der Waals surface area (Å²) in [7, 11) is 0. The number of hydrogen-bond donors (Lipinski definition) is 2. The summed E-state index contributed by atoms with van der Waals surface area (Å²) in [6.45, 7) is 5.39. The van der Waals surface area contributed by atoms with Crippen molar-refractivity contribution >= 4 is 44.4 Å². The van der Waals surface area contributed by atoms with Crippen LogP contribution in [0.25, 0.3) is 10.9 Å². The topological polar surface area (TPSA) is 71.2 Å². The third-order valence-corrected chi connectivity index (χ3v) is 5.05. The lowest BCUT2D eigenvalue weighted by Gasteiger charge is -2.16. The quantitative estimate of drug-likeness (QED) is 0.606. The van der Waals surface area contributed by atoms with Crippen LogP contribution in [-0.4, -0.2) is 23.0 Å². The molecule has 2 N–H and O–H groups in total. The van der Waals surface area contributed by atoms with Crippen molar-refractivity contribution < 1.29 is 14.3 Å². The number of para-hydroxylation sites is 2. The van der Waals surface area contributed by atoms with Gasteiger partial charge < -0.3 is 15.0 Å². The second kappa shape index (κ2) is 7.33. The highest BCUT2D eigenvalue weighted by Gasteiger charge is 2.23. The molecule has 3 aromatic rings. The van der Waals surface area contributed by atoms with Gasteiger partial charge in [0.2, 0.25) is 0 Å². The fraction of sp³-hybridized carbons (Fsp3) is 0.200. The maximum absolute atomic E-state index is 12.5. The monoisotopic (exact) mass is 414 g/mol. The van der Waals surface area contributed by atoms with E-state index in [4.69, 9.17) is 4.74 Å². The van der Waals surface area contributed by atoms with Crippen molar-refractivity contribution in [3.05, 3.63) is 63.8 Å². The summed E-state index contributed by atoms with van der Waals surface area (Å²) in [6.07, 6.45) is -0.931. The van der Waals surface area contributed by atoms with E-state index in [1.807, 2.05) is 56.3 Å². The van der Waals surface area contributed by atoms with E-state index in [9.17, 15) is 9.59 Å². The molecule has 1 atom stereocenters. The van der Waals surface area contributed by atoms with Gasteiger partial charge in [0.15, 0.2) is 6.10 Å². The Labute approximate surface area is 159 Å². The second-order valence-electron chi connectivity index (χ2n) is 6.16. The first kappa shape index (κ1) is 18.2. The molecule has 0 fully saturated rings. The molecule has 0 aliphatic heterocycles. The Kier molecular flexibility index (Phi) is 5.13. The van der Waals surface area contributed by atoms with Crippen molar-refractivity contribution in [3.63, 3.8) is 0 Å². The molecule has 1 unspecified atom stereocenters. The van der Waals surface area contributed by atoms with Crippen molar-refractivity contribution in [3.8, 4) is 0 Å². The number of H-pyrrole nitrogens is 1. The summed E-state index contributed by atoms with van der Waals surface area (Å²) >= 11 is 3.42. The van der Waals surface area contributed by atoms with Crippen molar-refractivity contribution in [2.24, 2.45) is 0 Å². The van der Waals surface area contributed by atoms with Crippen LogP contribution in [0.15, 0.2) is 46.9 Å². The van der Waals surface area contributed by atoms with Gasteiger partial charge in [-0.05, 0) is 53.9 Å². The number of benzene rings is 2. The van der Waals surface area contributed by atoms with E-state index in [1.165, 1.54) is 0 Å². The average molecular weight is 415 g/mol. The molecule has 1 heterocycles. The summed E-state index contributed by atoms with van der Waals surface area (Å²) in [6, 6.07) is 13.3. The predicted molar refractivity (Wildman–Crippen MR) is 105 cm³/mol. The number of carbonyl (C=O) groups is 2. The zero-order chi connectivity index (χ0) is 18.8. The number of fused-ring (bicyclic) bond motifs is 1. The third kappa shape index (κ3) is 3.51. The number of ether oxygens (including phenoxy) is 1. The number of carbonyl (C=O) groups excluding carboxylic acids is 2. The van der Waals surface area contributed by atoms with Crippen molar-refractivity contribution in [2.45, 2.75) is 26.9 Å². The molecule has 1 amide bonds. The van der Waals surface area contributed by atoms with E-state index < -0.39 is 12.1 Å². The molecule has 3 rings (SSSR count). The molecule has 2 aromatic carbocycles. The van der Waals surface area contributed by atoms with E-state index in [1.54, 1.807) is 6.92 Å². The van der Waals surface area contributed by atoms with Gasteiger partial charge in [0.05, 0.1) is 4.47 Å². The molecule has 5 nitrogen and oxygen atoms in total. The normalized spacial score (nSPS) is 12.0. The molecule has 0 saturated heterocycles. The minimum absolute atomic E-state index is 0.290. The number of aromatic amines is 1. The van der Waals surface area contributed by atoms with E-state index in [0.29, 0.717) is 4.47 Å². The number of nitrogens with one attached hydrogen (secondary N) is 2. The molecule has 0 spiro atoms. The Bertz CT molecular complexity index is 974. The summed E-state index contributed by atoms with van der Waals surface area (Å²) in [5, 5.41) is 3.72. The van der Waals surface area contributed by atoms with Crippen molar-refractivity contribution in [1.29, 1.82) is 0 Å². The molecular weight excluding hydrogens is 396 g/mol. The Morgan fingerprint density at radius 3 is 2.38 bits per heavy atom. The highest BCUT2D eigenvalue weighted by Crippen LogP contribution is 2.28. The molecule has 0 radical (unpaired) electrons. The number of rotatable bonds is 4. The van der Waals surface area contributed by atoms with Gasteiger partial charge in [0.25, 0.3) is 5.91 Å². The van der Waals surface area contributed by atoms with Crippen molar-refractivity contribution in [1.82, 2.24) is 4.98 Å². The molecule has 134 valence electrons. The van der Waals surface area contributed by atoms with Crippen LogP contribution >= 0.6 is 15.9 Å². The van der Waals surface area contributed by atoms with Crippen LogP contribution in [0.4, 0.5) is 5.69 Å². The fourth-order valence-corrected chi connectivity index (χ4v) is 3.36. The minimum Gasteiger partial charge on any atom is -0.448 e. The lowest BCUT2D eigenvalue weighted by Crippen LogP contribution is -2.30. The second-order valence-corrected chi connectivity index (χ2v) is 6.96. The van der Waals surface area contributed by atoms with Crippen molar-refractivity contribution in [2.75, 3.05) is 5.32 Å². The number of hydrogen-bond acceptors (Lipinski definition) is 3. The first-order valence-electron chi connectivity index (χ1n) is 8.22. The number of amides is 1. The zero-order valence-electron chi connectivity index (χ0n) is 14.7. The van der Waals surface area contributed by atoms with Gasteiger partial charge >= 0.3 is 5.97 Å². The van der Waals surface area contributed by atoms with Crippen LogP contribution in [0.3, 0.4) is 0 Å².